The van der Waals surface area contributed by atoms with Gasteiger partial charge in [-0.3, -0.25) is 9.59 Å². The van der Waals surface area contributed by atoms with Crippen molar-refractivity contribution in [1.29, 1.82) is 0 Å². The van der Waals surface area contributed by atoms with E-state index in [2.05, 4.69) is 26.6 Å². The van der Waals surface area contributed by atoms with Gasteiger partial charge in [-0.15, -0.1) is 0 Å². The summed E-state index contributed by atoms with van der Waals surface area (Å²) in [6.07, 6.45) is -0.823. The second-order valence-electron chi connectivity index (χ2n) is 7.57. The van der Waals surface area contributed by atoms with Gasteiger partial charge in [0.05, 0.1) is 23.6 Å². The van der Waals surface area contributed by atoms with Crippen molar-refractivity contribution in [3.05, 3.63) is 39.7 Å². The van der Waals surface area contributed by atoms with Crippen molar-refractivity contribution >= 4 is 56.5 Å². The highest BCUT2D eigenvalue weighted by atomic mass is 79.9. The van der Waals surface area contributed by atoms with Crippen LogP contribution in [0.15, 0.2) is 34.1 Å². The van der Waals surface area contributed by atoms with Crippen LogP contribution in [0.1, 0.15) is 5.56 Å². The quantitative estimate of drug-likeness (QED) is 0.488. The molecular formula is C22H26BrN3O7S. The molecule has 0 radical (unpaired) electrons. The van der Waals surface area contributed by atoms with E-state index in [-0.39, 0.29) is 25.7 Å². The van der Waals surface area contributed by atoms with Crippen LogP contribution in [-0.4, -0.2) is 70.6 Å². The Labute approximate surface area is 209 Å². The van der Waals surface area contributed by atoms with Crippen molar-refractivity contribution in [2.24, 2.45) is 0 Å². The highest BCUT2D eigenvalue weighted by Crippen LogP contribution is 2.29. The number of hydrogen-bond donors (Lipinski definition) is 2. The Morgan fingerprint density at radius 2 is 1.94 bits per heavy atom. The molecule has 3 rings (SSSR count). The lowest BCUT2D eigenvalue weighted by Crippen LogP contribution is -2.63. The molecular weight excluding hydrogens is 530 g/mol. The summed E-state index contributed by atoms with van der Waals surface area (Å²) in [5, 5.41) is 5.76. The summed E-state index contributed by atoms with van der Waals surface area (Å²) in [5.41, 5.74) is 0.478. The highest BCUT2D eigenvalue weighted by Gasteiger charge is 2.41. The molecule has 2 heterocycles. The number of ether oxygens (including phenoxy) is 4. The van der Waals surface area contributed by atoms with Crippen molar-refractivity contribution in [1.82, 2.24) is 5.32 Å². The smallest absolute Gasteiger partial charge is 0.399 e. The third-order valence-corrected chi connectivity index (χ3v) is 6.53. The molecule has 1 aliphatic heterocycles. The first-order valence-electron chi connectivity index (χ1n) is 10.3. The second-order valence-corrected chi connectivity index (χ2v) is 10.0. The number of carbonyl (C=O) groups excluding carboxylic acids is 3. The Hall–Kier alpha value is -2.51. The molecule has 1 fully saturated rings. The number of benzene rings is 1. The molecule has 3 amide bonds. The molecule has 0 atom stereocenters. The van der Waals surface area contributed by atoms with Gasteiger partial charge in [-0.2, -0.15) is 0 Å². The average Bonchev–Trinajstić information content (AvgIpc) is 3.19. The number of amides is 3. The molecule has 34 heavy (non-hydrogen) atoms. The van der Waals surface area contributed by atoms with Crippen LogP contribution in [0.4, 0.5) is 16.2 Å². The van der Waals surface area contributed by atoms with E-state index >= 15 is 0 Å². The van der Waals surface area contributed by atoms with Gasteiger partial charge in [0, 0.05) is 32.1 Å². The molecule has 1 saturated heterocycles. The summed E-state index contributed by atoms with van der Waals surface area (Å²) in [4.78, 5) is 39.7. The Balaban J connectivity index is 1.77. The van der Waals surface area contributed by atoms with Crippen LogP contribution in [0, 0.1) is 6.92 Å². The van der Waals surface area contributed by atoms with Crippen LogP contribution in [-0.2, 0) is 23.8 Å². The minimum Gasteiger partial charge on any atom is -0.399 e. The number of nitrogens with zero attached hydrogens (tertiary/aromatic N) is 1. The lowest BCUT2D eigenvalue weighted by molar-refractivity contribution is -0.127. The normalized spacial score (nSPS) is 14.1. The number of morpholine rings is 1. The zero-order chi connectivity index (χ0) is 24.7. The summed E-state index contributed by atoms with van der Waals surface area (Å²) in [5.74, 6) is -0.666. The molecule has 0 unspecified atom stereocenters. The molecule has 0 saturated carbocycles. The second kappa shape index (κ2) is 11.8. The number of thiophene rings is 1. The van der Waals surface area contributed by atoms with E-state index in [1.165, 1.54) is 25.6 Å². The third-order valence-electron chi connectivity index (χ3n) is 5.03. The van der Waals surface area contributed by atoms with Crippen molar-refractivity contribution in [3.8, 4) is 5.06 Å². The largest absolute Gasteiger partial charge is 0.414 e. The fraction of sp³-hybridized carbons (Fsp3) is 0.409. The Morgan fingerprint density at radius 3 is 2.53 bits per heavy atom. The Kier molecular flexibility index (Phi) is 9.03. The molecule has 2 N–H and O–H groups in total. The molecule has 12 heteroatoms. The molecule has 0 aliphatic carbocycles. The van der Waals surface area contributed by atoms with Crippen LogP contribution in [0.2, 0.25) is 0 Å². The maximum atomic E-state index is 13.3. The van der Waals surface area contributed by atoms with Crippen molar-refractivity contribution < 1.29 is 33.3 Å². The van der Waals surface area contributed by atoms with E-state index in [1.54, 1.807) is 35.2 Å². The molecule has 2 aromatic rings. The number of hydrogen-bond acceptors (Lipinski definition) is 8. The van der Waals surface area contributed by atoms with Gasteiger partial charge in [0.2, 0.25) is 0 Å². The standard InChI is InChI=1S/C22H26BrN3O7S/c1-14-10-15(4-5-16(14)26-8-9-32-11-18(26)27)24-20(28)22(12-30-2,13-31-3)25-21(29)33-19-7-6-17(23)34-19/h4-7,10H,8-9,11-13H2,1-3H3,(H,24,28)(H,25,29). The van der Waals surface area contributed by atoms with E-state index in [9.17, 15) is 14.4 Å². The minimum atomic E-state index is -1.55. The van der Waals surface area contributed by atoms with Crippen LogP contribution in [0.5, 0.6) is 5.06 Å². The average molecular weight is 556 g/mol. The minimum absolute atomic E-state index is 0.0404. The summed E-state index contributed by atoms with van der Waals surface area (Å²) in [6, 6.07) is 8.58. The Bertz CT molecular complexity index is 1040. The summed E-state index contributed by atoms with van der Waals surface area (Å²) in [7, 11) is 2.83. The van der Waals surface area contributed by atoms with Gasteiger partial charge in [-0.1, -0.05) is 11.3 Å². The zero-order valence-electron chi connectivity index (χ0n) is 19.0. The van der Waals surface area contributed by atoms with Crippen LogP contribution >= 0.6 is 27.3 Å². The van der Waals surface area contributed by atoms with Crippen LogP contribution < -0.4 is 20.3 Å². The molecule has 1 aromatic carbocycles. The summed E-state index contributed by atoms with van der Waals surface area (Å²) < 4.78 is 21.7. The number of methoxy groups -OCH3 is 2. The number of anilines is 2. The van der Waals surface area contributed by atoms with Gasteiger partial charge < -0.3 is 34.5 Å². The first-order valence-corrected chi connectivity index (χ1v) is 11.9. The molecule has 0 spiro atoms. The zero-order valence-corrected chi connectivity index (χ0v) is 21.4. The maximum Gasteiger partial charge on any atom is 0.414 e. The number of rotatable bonds is 9. The summed E-state index contributed by atoms with van der Waals surface area (Å²) >= 11 is 4.54. The molecule has 0 bridgehead atoms. The van der Waals surface area contributed by atoms with Crippen LogP contribution in [0.25, 0.3) is 0 Å². The Morgan fingerprint density at radius 1 is 1.21 bits per heavy atom. The topological polar surface area (TPSA) is 115 Å². The molecule has 1 aromatic heterocycles. The number of nitrogens with one attached hydrogen (secondary N) is 2. The molecule has 1 aliphatic rings. The first-order chi connectivity index (χ1) is 16.3. The van der Waals surface area contributed by atoms with Crippen molar-refractivity contribution in [3.63, 3.8) is 0 Å². The lowest BCUT2D eigenvalue weighted by Gasteiger charge is -2.32. The highest BCUT2D eigenvalue weighted by molar-refractivity contribution is 9.11. The van der Waals surface area contributed by atoms with E-state index in [4.69, 9.17) is 18.9 Å². The van der Waals surface area contributed by atoms with E-state index in [0.29, 0.717) is 23.9 Å². The number of aryl methyl sites for hydroxylation is 1. The SMILES string of the molecule is COCC(COC)(NC(=O)Oc1ccc(Br)s1)C(=O)Nc1ccc(N2CCOCC2=O)c(C)c1. The predicted molar refractivity (Wildman–Crippen MR) is 131 cm³/mol. The van der Waals surface area contributed by atoms with E-state index in [0.717, 1.165) is 15.0 Å². The first kappa shape index (κ1) is 26.1. The third kappa shape index (κ3) is 6.33. The van der Waals surface area contributed by atoms with Gasteiger partial charge in [-0.05, 0) is 58.7 Å². The van der Waals surface area contributed by atoms with Gasteiger partial charge >= 0.3 is 6.09 Å². The monoisotopic (exact) mass is 555 g/mol. The lowest BCUT2D eigenvalue weighted by atomic mass is 10.0. The fourth-order valence-electron chi connectivity index (χ4n) is 3.52. The van der Waals surface area contributed by atoms with Crippen LogP contribution in [0.3, 0.4) is 0 Å². The fourth-order valence-corrected chi connectivity index (χ4v) is 4.71. The maximum absolute atomic E-state index is 13.3. The van der Waals surface area contributed by atoms with Crippen molar-refractivity contribution in [2.45, 2.75) is 12.5 Å². The summed E-state index contributed by atoms with van der Waals surface area (Å²) in [6.45, 7) is 2.50. The number of carbonyl (C=O) groups is 3. The van der Waals surface area contributed by atoms with Crippen molar-refractivity contribution in [2.75, 3.05) is 57.4 Å². The van der Waals surface area contributed by atoms with Gasteiger partial charge in [0.15, 0.2) is 10.6 Å². The van der Waals surface area contributed by atoms with Gasteiger partial charge in [0.1, 0.15) is 6.61 Å². The predicted octanol–water partition coefficient (Wildman–Crippen LogP) is 2.94. The molecule has 184 valence electrons. The number of halogens is 1. The molecule has 10 nitrogen and oxygen atoms in total. The van der Waals surface area contributed by atoms with E-state index < -0.39 is 17.5 Å². The van der Waals surface area contributed by atoms with E-state index in [1.807, 2.05) is 6.92 Å². The van der Waals surface area contributed by atoms with Gasteiger partial charge in [0.25, 0.3) is 11.8 Å². The van der Waals surface area contributed by atoms with Gasteiger partial charge in [-0.25, -0.2) is 4.79 Å².